The Morgan fingerprint density at radius 1 is 0.950 bits per heavy atom. The molecule has 1 aromatic heterocycles. The number of halogens is 2. The number of aromatic nitrogens is 1. The zero-order valence-electron chi connectivity index (χ0n) is 10.4. The first-order valence-corrected chi connectivity index (χ1v) is 6.89. The highest BCUT2D eigenvalue weighted by atomic mass is 35.5. The lowest BCUT2D eigenvalue weighted by molar-refractivity contribution is 0.217. The molecule has 0 spiro atoms. The van der Waals surface area contributed by atoms with Crippen molar-refractivity contribution in [2.24, 2.45) is 0 Å². The first kappa shape index (κ1) is 13.4. The van der Waals surface area contributed by atoms with Crippen LogP contribution in [0.2, 0.25) is 10.0 Å². The second-order valence-electron chi connectivity index (χ2n) is 4.46. The van der Waals surface area contributed by atoms with Crippen LogP contribution in [0.1, 0.15) is 17.4 Å². The summed E-state index contributed by atoms with van der Waals surface area (Å²) in [5.41, 5.74) is 1.13. The summed E-state index contributed by atoms with van der Waals surface area (Å²) >= 11 is 12.2. The van der Waals surface area contributed by atoms with E-state index in [0.717, 1.165) is 10.8 Å². The maximum absolute atomic E-state index is 10.6. The summed E-state index contributed by atoms with van der Waals surface area (Å²) in [6.07, 6.45) is 0.770. The third kappa shape index (κ3) is 2.27. The quantitative estimate of drug-likeness (QED) is 0.749. The molecule has 0 aliphatic carbocycles. The first-order chi connectivity index (χ1) is 9.68. The maximum atomic E-state index is 10.6. The molecule has 20 heavy (non-hydrogen) atoms. The molecule has 2 nitrogen and oxygen atoms in total. The maximum Gasteiger partial charge on any atom is 0.123 e. The number of benzene rings is 2. The fraction of sp³-hybridized carbons (Fsp3) is 0.0625. The lowest BCUT2D eigenvalue weighted by Gasteiger charge is -2.15. The van der Waals surface area contributed by atoms with E-state index >= 15 is 0 Å². The molecule has 0 aliphatic heterocycles. The van der Waals surface area contributed by atoms with Crippen LogP contribution in [0, 0.1) is 0 Å². The molecule has 1 heterocycles. The standard InChI is InChI=1S/C16H11Cl2NO/c17-13-7-3-6-12(14(13)18)16(20)15-11-5-2-1-4-10(11)8-9-19-15/h1-9,16,20H. The molecule has 0 amide bonds. The minimum atomic E-state index is -0.910. The van der Waals surface area contributed by atoms with Crippen molar-refractivity contribution in [3.8, 4) is 0 Å². The lowest BCUT2D eigenvalue weighted by Crippen LogP contribution is -2.04. The van der Waals surface area contributed by atoms with Gasteiger partial charge in [-0.25, -0.2) is 0 Å². The Hall–Kier alpha value is -1.61. The van der Waals surface area contributed by atoms with E-state index in [4.69, 9.17) is 23.2 Å². The summed E-state index contributed by atoms with van der Waals surface area (Å²) in [7, 11) is 0. The van der Waals surface area contributed by atoms with Crippen LogP contribution in [0.15, 0.2) is 54.7 Å². The topological polar surface area (TPSA) is 33.1 Å². The Morgan fingerprint density at radius 3 is 2.60 bits per heavy atom. The average Bonchev–Trinajstić information content (AvgIpc) is 2.49. The smallest absolute Gasteiger partial charge is 0.123 e. The van der Waals surface area contributed by atoms with E-state index in [1.165, 1.54) is 0 Å². The van der Waals surface area contributed by atoms with Crippen molar-refractivity contribution < 1.29 is 5.11 Å². The van der Waals surface area contributed by atoms with Crippen molar-refractivity contribution in [3.05, 3.63) is 76.0 Å². The Bertz CT molecular complexity index is 768. The van der Waals surface area contributed by atoms with Gasteiger partial charge in [0.2, 0.25) is 0 Å². The van der Waals surface area contributed by atoms with Gasteiger partial charge in [-0.15, -0.1) is 0 Å². The first-order valence-electron chi connectivity index (χ1n) is 6.14. The van der Waals surface area contributed by atoms with E-state index in [2.05, 4.69) is 4.98 Å². The normalized spacial score (nSPS) is 12.6. The monoisotopic (exact) mass is 303 g/mol. The number of fused-ring (bicyclic) bond motifs is 1. The Morgan fingerprint density at radius 2 is 1.75 bits per heavy atom. The molecule has 0 radical (unpaired) electrons. The van der Waals surface area contributed by atoms with Crippen LogP contribution in [0.25, 0.3) is 10.8 Å². The molecular weight excluding hydrogens is 293 g/mol. The predicted molar refractivity (Wildman–Crippen MR) is 82.3 cm³/mol. The van der Waals surface area contributed by atoms with Gasteiger partial charge in [0.25, 0.3) is 0 Å². The third-order valence-electron chi connectivity index (χ3n) is 3.24. The second-order valence-corrected chi connectivity index (χ2v) is 5.25. The molecule has 3 aromatic rings. The zero-order valence-corrected chi connectivity index (χ0v) is 11.9. The van der Waals surface area contributed by atoms with Crippen LogP contribution >= 0.6 is 23.2 Å². The van der Waals surface area contributed by atoms with Crippen molar-refractivity contribution in [3.63, 3.8) is 0 Å². The van der Waals surface area contributed by atoms with Gasteiger partial charge < -0.3 is 5.11 Å². The highest BCUT2D eigenvalue weighted by Gasteiger charge is 2.18. The average molecular weight is 304 g/mol. The molecule has 0 saturated carbocycles. The molecule has 100 valence electrons. The molecule has 2 aromatic carbocycles. The summed E-state index contributed by atoms with van der Waals surface area (Å²) in [6, 6.07) is 14.9. The zero-order chi connectivity index (χ0) is 14.1. The summed E-state index contributed by atoms with van der Waals surface area (Å²) < 4.78 is 0. The van der Waals surface area contributed by atoms with Gasteiger partial charge in [0.15, 0.2) is 0 Å². The summed E-state index contributed by atoms with van der Waals surface area (Å²) in [5, 5.41) is 13.3. The van der Waals surface area contributed by atoms with Crippen LogP contribution in [0.5, 0.6) is 0 Å². The van der Waals surface area contributed by atoms with Crippen LogP contribution in [-0.4, -0.2) is 10.1 Å². The summed E-state index contributed by atoms with van der Waals surface area (Å²) in [5.74, 6) is 0. The number of aliphatic hydroxyl groups is 1. The molecule has 3 rings (SSSR count). The molecule has 1 atom stereocenters. The molecule has 4 heteroatoms. The summed E-state index contributed by atoms with van der Waals surface area (Å²) in [4.78, 5) is 4.30. The molecule has 1 unspecified atom stereocenters. The van der Waals surface area contributed by atoms with Crippen molar-refractivity contribution >= 4 is 34.0 Å². The molecule has 0 aliphatic rings. The van der Waals surface area contributed by atoms with Gasteiger partial charge in [-0.1, -0.05) is 59.6 Å². The van der Waals surface area contributed by atoms with E-state index in [9.17, 15) is 5.11 Å². The Kier molecular flexibility index (Phi) is 3.62. The highest BCUT2D eigenvalue weighted by Crippen LogP contribution is 2.34. The SMILES string of the molecule is OC(c1cccc(Cl)c1Cl)c1nccc2ccccc12. The van der Waals surface area contributed by atoms with E-state index in [0.29, 0.717) is 21.3 Å². The van der Waals surface area contributed by atoms with E-state index in [1.54, 1.807) is 24.4 Å². The fourth-order valence-electron chi connectivity index (χ4n) is 2.24. The van der Waals surface area contributed by atoms with Gasteiger partial charge in [0.1, 0.15) is 6.10 Å². The largest absolute Gasteiger partial charge is 0.382 e. The Labute approximate surface area is 126 Å². The number of aliphatic hydroxyl groups excluding tert-OH is 1. The van der Waals surface area contributed by atoms with Crippen molar-refractivity contribution in [1.29, 1.82) is 0 Å². The van der Waals surface area contributed by atoms with Gasteiger partial charge in [0, 0.05) is 17.1 Å². The number of rotatable bonds is 2. The molecular formula is C16H11Cl2NO. The van der Waals surface area contributed by atoms with Gasteiger partial charge in [-0.3, -0.25) is 4.98 Å². The predicted octanol–water partition coefficient (Wildman–Crippen LogP) is 4.62. The van der Waals surface area contributed by atoms with Crippen LogP contribution in [0.3, 0.4) is 0 Å². The number of hydrogen-bond acceptors (Lipinski definition) is 2. The van der Waals surface area contributed by atoms with Crippen molar-refractivity contribution in [2.45, 2.75) is 6.10 Å². The van der Waals surface area contributed by atoms with Crippen LogP contribution in [-0.2, 0) is 0 Å². The minimum absolute atomic E-state index is 0.358. The van der Waals surface area contributed by atoms with E-state index in [-0.39, 0.29) is 0 Å². The Balaban J connectivity index is 2.18. The molecule has 1 N–H and O–H groups in total. The molecule has 0 fully saturated rings. The third-order valence-corrected chi connectivity index (χ3v) is 4.07. The van der Waals surface area contributed by atoms with Gasteiger partial charge >= 0.3 is 0 Å². The number of nitrogens with zero attached hydrogens (tertiary/aromatic N) is 1. The van der Waals surface area contributed by atoms with E-state index < -0.39 is 6.10 Å². The number of hydrogen-bond donors (Lipinski definition) is 1. The van der Waals surface area contributed by atoms with Crippen LogP contribution in [0.4, 0.5) is 0 Å². The summed E-state index contributed by atoms with van der Waals surface area (Å²) in [6.45, 7) is 0. The fourth-order valence-corrected chi connectivity index (χ4v) is 2.65. The van der Waals surface area contributed by atoms with Gasteiger partial charge in [0.05, 0.1) is 15.7 Å². The van der Waals surface area contributed by atoms with Crippen molar-refractivity contribution in [2.75, 3.05) is 0 Å². The highest BCUT2D eigenvalue weighted by molar-refractivity contribution is 6.42. The van der Waals surface area contributed by atoms with E-state index in [1.807, 2.05) is 30.3 Å². The lowest BCUT2D eigenvalue weighted by atomic mass is 10.0. The van der Waals surface area contributed by atoms with Crippen molar-refractivity contribution in [1.82, 2.24) is 4.98 Å². The molecule has 0 saturated heterocycles. The van der Waals surface area contributed by atoms with Gasteiger partial charge in [-0.05, 0) is 17.5 Å². The molecule has 0 bridgehead atoms. The van der Waals surface area contributed by atoms with Gasteiger partial charge in [-0.2, -0.15) is 0 Å². The second kappa shape index (κ2) is 5.41. The number of pyridine rings is 1. The van der Waals surface area contributed by atoms with Crippen LogP contribution < -0.4 is 0 Å². The minimum Gasteiger partial charge on any atom is -0.382 e.